The van der Waals surface area contributed by atoms with E-state index in [9.17, 15) is 8.42 Å². The molecule has 1 aromatic rings. The molecule has 1 rings (SSSR count). The van der Waals surface area contributed by atoms with E-state index < -0.39 is 10.0 Å². The summed E-state index contributed by atoms with van der Waals surface area (Å²) in [5.41, 5.74) is 0. The van der Waals surface area contributed by atoms with E-state index in [1.54, 1.807) is 13.1 Å². The highest BCUT2D eigenvalue weighted by atomic mass is 35.5. The molecule has 0 aliphatic carbocycles. The number of sulfonamides is 1. The van der Waals surface area contributed by atoms with Gasteiger partial charge in [-0.1, -0.05) is 0 Å². The van der Waals surface area contributed by atoms with Crippen molar-refractivity contribution in [2.75, 3.05) is 34.4 Å². The van der Waals surface area contributed by atoms with Crippen LogP contribution < -0.4 is 19.5 Å². The van der Waals surface area contributed by atoms with Crippen molar-refractivity contribution in [3.8, 4) is 11.5 Å². The zero-order valence-corrected chi connectivity index (χ0v) is 12.7. The molecule has 0 saturated carbocycles. The second-order valence-electron chi connectivity index (χ2n) is 3.52. The standard InChI is InChI=1S/C11H18N2O4S.ClH/c1-12-6-7-13-18(14,15)9-4-5-10(16-2)11(8-9)17-3;/h4-5,8,12-13H,6-7H2,1-3H3;1H. The van der Waals surface area contributed by atoms with Crippen LogP contribution in [0.2, 0.25) is 0 Å². The third-order valence-electron chi connectivity index (χ3n) is 2.33. The van der Waals surface area contributed by atoms with Gasteiger partial charge in [0.05, 0.1) is 19.1 Å². The molecule has 0 fully saturated rings. The minimum atomic E-state index is -3.52. The van der Waals surface area contributed by atoms with Crippen LogP contribution in [0.3, 0.4) is 0 Å². The van der Waals surface area contributed by atoms with Gasteiger partial charge in [0, 0.05) is 19.2 Å². The smallest absolute Gasteiger partial charge is 0.240 e. The number of rotatable bonds is 7. The van der Waals surface area contributed by atoms with E-state index in [0.29, 0.717) is 24.6 Å². The lowest BCUT2D eigenvalue weighted by molar-refractivity contribution is 0.354. The van der Waals surface area contributed by atoms with Crippen molar-refractivity contribution in [1.29, 1.82) is 0 Å². The summed E-state index contributed by atoms with van der Waals surface area (Å²) in [6, 6.07) is 4.47. The Morgan fingerprint density at radius 3 is 2.26 bits per heavy atom. The van der Waals surface area contributed by atoms with Gasteiger partial charge in [-0.25, -0.2) is 13.1 Å². The first kappa shape index (κ1) is 18.0. The zero-order chi connectivity index (χ0) is 13.6. The van der Waals surface area contributed by atoms with Crippen LogP contribution in [0.25, 0.3) is 0 Å². The van der Waals surface area contributed by atoms with Crippen LogP contribution >= 0.6 is 12.4 Å². The highest BCUT2D eigenvalue weighted by Crippen LogP contribution is 2.29. The summed E-state index contributed by atoms with van der Waals surface area (Å²) in [5.74, 6) is 0.876. The second kappa shape index (κ2) is 8.21. The number of hydrogen-bond donors (Lipinski definition) is 2. The van der Waals surface area contributed by atoms with Crippen LogP contribution in [0, 0.1) is 0 Å². The van der Waals surface area contributed by atoms with Gasteiger partial charge in [-0.3, -0.25) is 0 Å². The Morgan fingerprint density at radius 1 is 1.11 bits per heavy atom. The number of ether oxygens (including phenoxy) is 2. The summed E-state index contributed by atoms with van der Waals surface area (Å²) in [4.78, 5) is 0.149. The molecular weight excluding hydrogens is 292 g/mol. The second-order valence-corrected chi connectivity index (χ2v) is 5.29. The average molecular weight is 311 g/mol. The van der Waals surface area contributed by atoms with Crippen molar-refractivity contribution < 1.29 is 17.9 Å². The highest BCUT2D eigenvalue weighted by molar-refractivity contribution is 7.89. The lowest BCUT2D eigenvalue weighted by Crippen LogP contribution is -2.30. The van der Waals surface area contributed by atoms with Gasteiger partial charge in [-0.2, -0.15) is 0 Å². The Balaban J connectivity index is 0.00000324. The minimum absolute atomic E-state index is 0. The number of hydrogen-bond acceptors (Lipinski definition) is 5. The Kier molecular flexibility index (Phi) is 7.77. The van der Waals surface area contributed by atoms with Crippen molar-refractivity contribution in [3.05, 3.63) is 18.2 Å². The van der Waals surface area contributed by atoms with Gasteiger partial charge < -0.3 is 14.8 Å². The van der Waals surface area contributed by atoms with Crippen LogP contribution in [0.5, 0.6) is 11.5 Å². The van der Waals surface area contributed by atoms with Crippen molar-refractivity contribution >= 4 is 22.4 Å². The monoisotopic (exact) mass is 310 g/mol. The predicted molar refractivity (Wildman–Crippen MR) is 75.9 cm³/mol. The molecule has 0 bridgehead atoms. The maximum absolute atomic E-state index is 11.9. The number of benzene rings is 1. The summed E-state index contributed by atoms with van der Waals surface area (Å²) in [7, 11) is 1.20. The van der Waals surface area contributed by atoms with Crippen LogP contribution in [0.4, 0.5) is 0 Å². The number of nitrogens with one attached hydrogen (secondary N) is 2. The molecule has 0 amide bonds. The fourth-order valence-electron chi connectivity index (χ4n) is 1.38. The molecule has 0 saturated heterocycles. The topological polar surface area (TPSA) is 76.7 Å². The molecule has 0 aliphatic heterocycles. The molecule has 110 valence electrons. The van der Waals surface area contributed by atoms with Crippen LogP contribution in [-0.4, -0.2) is 42.8 Å². The maximum atomic E-state index is 11.9. The quantitative estimate of drug-likeness (QED) is 0.722. The van der Waals surface area contributed by atoms with Gasteiger partial charge in [0.2, 0.25) is 10.0 Å². The predicted octanol–water partition coefficient (Wildman–Crippen LogP) is 0.623. The van der Waals surface area contributed by atoms with Gasteiger partial charge in [0.1, 0.15) is 0 Å². The van der Waals surface area contributed by atoms with Gasteiger partial charge in [0.15, 0.2) is 11.5 Å². The Hall–Kier alpha value is -1.02. The lowest BCUT2D eigenvalue weighted by atomic mass is 10.3. The molecule has 0 unspecified atom stereocenters. The fourth-order valence-corrected chi connectivity index (χ4v) is 2.42. The van der Waals surface area contributed by atoms with Gasteiger partial charge in [-0.05, 0) is 19.2 Å². The molecule has 2 N–H and O–H groups in total. The summed E-state index contributed by atoms with van der Waals surface area (Å²) >= 11 is 0. The van der Waals surface area contributed by atoms with Crippen molar-refractivity contribution in [1.82, 2.24) is 10.0 Å². The number of methoxy groups -OCH3 is 2. The summed E-state index contributed by atoms with van der Waals surface area (Å²) in [5, 5.41) is 2.86. The molecule has 8 heteroatoms. The third kappa shape index (κ3) is 4.87. The molecular formula is C11H19ClN2O4S. The number of halogens is 1. The summed E-state index contributed by atoms with van der Waals surface area (Å²) < 4.78 is 36.5. The van der Waals surface area contributed by atoms with E-state index >= 15 is 0 Å². The molecule has 0 aliphatic rings. The molecule has 0 spiro atoms. The fraction of sp³-hybridized carbons (Fsp3) is 0.455. The molecule has 1 aromatic carbocycles. The minimum Gasteiger partial charge on any atom is -0.493 e. The first-order chi connectivity index (χ1) is 8.55. The Morgan fingerprint density at radius 2 is 1.74 bits per heavy atom. The van der Waals surface area contributed by atoms with Crippen LogP contribution in [-0.2, 0) is 10.0 Å². The average Bonchev–Trinajstić information content (AvgIpc) is 2.38. The van der Waals surface area contributed by atoms with Crippen LogP contribution in [0.1, 0.15) is 0 Å². The van der Waals surface area contributed by atoms with Crippen LogP contribution in [0.15, 0.2) is 23.1 Å². The van der Waals surface area contributed by atoms with E-state index in [4.69, 9.17) is 9.47 Å². The molecule has 0 heterocycles. The Labute approximate surface area is 119 Å². The molecule has 6 nitrogen and oxygen atoms in total. The van der Waals surface area contributed by atoms with E-state index in [1.165, 1.54) is 26.4 Å². The van der Waals surface area contributed by atoms with Gasteiger partial charge in [-0.15, -0.1) is 12.4 Å². The number of likely N-dealkylation sites (N-methyl/N-ethyl adjacent to an activating group) is 1. The SMILES string of the molecule is CNCCNS(=O)(=O)c1ccc(OC)c(OC)c1.Cl. The molecule has 0 atom stereocenters. The van der Waals surface area contributed by atoms with Crippen molar-refractivity contribution in [2.45, 2.75) is 4.90 Å². The Bertz CT molecular complexity index is 493. The van der Waals surface area contributed by atoms with Crippen molar-refractivity contribution in [3.63, 3.8) is 0 Å². The first-order valence-electron chi connectivity index (χ1n) is 5.41. The van der Waals surface area contributed by atoms with E-state index in [2.05, 4.69) is 10.0 Å². The zero-order valence-electron chi connectivity index (χ0n) is 11.1. The molecule has 0 aromatic heterocycles. The molecule has 19 heavy (non-hydrogen) atoms. The summed E-state index contributed by atoms with van der Waals surface area (Å²) in [6.45, 7) is 0.889. The van der Waals surface area contributed by atoms with E-state index in [-0.39, 0.29) is 17.3 Å². The van der Waals surface area contributed by atoms with E-state index in [0.717, 1.165) is 0 Å². The highest BCUT2D eigenvalue weighted by Gasteiger charge is 2.16. The lowest BCUT2D eigenvalue weighted by Gasteiger charge is -2.10. The van der Waals surface area contributed by atoms with Gasteiger partial charge in [0.25, 0.3) is 0 Å². The third-order valence-corrected chi connectivity index (χ3v) is 3.79. The maximum Gasteiger partial charge on any atom is 0.240 e. The normalized spacial score (nSPS) is 10.7. The molecule has 0 radical (unpaired) electrons. The first-order valence-corrected chi connectivity index (χ1v) is 6.89. The van der Waals surface area contributed by atoms with E-state index in [1.807, 2.05) is 0 Å². The van der Waals surface area contributed by atoms with Crippen molar-refractivity contribution in [2.24, 2.45) is 0 Å². The summed E-state index contributed by atoms with van der Waals surface area (Å²) in [6.07, 6.45) is 0. The van der Waals surface area contributed by atoms with Gasteiger partial charge >= 0.3 is 0 Å². The largest absolute Gasteiger partial charge is 0.493 e.